The summed E-state index contributed by atoms with van der Waals surface area (Å²) in [5.74, 6) is 0.842. The topological polar surface area (TPSA) is 3.24 Å². The Labute approximate surface area is 93.1 Å². The van der Waals surface area contributed by atoms with Gasteiger partial charge in [0.1, 0.15) is 0 Å². The molecule has 1 nitrogen and oxygen atoms in total. The molecule has 0 fully saturated rings. The van der Waals surface area contributed by atoms with Crippen molar-refractivity contribution in [3.8, 4) is 0 Å². The fraction of sp³-hybridized carbons (Fsp3) is 0.571. The average Bonchev–Trinajstić information content (AvgIpc) is 2.28. The Morgan fingerprint density at radius 1 is 1.33 bits per heavy atom. The number of nitrogens with zero attached hydrogens (tertiary/aromatic N) is 1. The molecule has 0 aromatic heterocycles. The monoisotopic (exact) mass is 203 g/mol. The fourth-order valence-electron chi connectivity index (χ4n) is 2.53. The second-order valence-corrected chi connectivity index (χ2v) is 4.68. The van der Waals surface area contributed by atoms with E-state index in [0.29, 0.717) is 0 Å². The lowest BCUT2D eigenvalue weighted by Gasteiger charge is -2.33. The van der Waals surface area contributed by atoms with E-state index in [1.807, 2.05) is 0 Å². The summed E-state index contributed by atoms with van der Waals surface area (Å²) in [4.78, 5) is 2.41. The Morgan fingerprint density at radius 2 is 2.13 bits per heavy atom. The minimum atomic E-state index is 0.842. The van der Waals surface area contributed by atoms with Gasteiger partial charge in [0.2, 0.25) is 0 Å². The van der Waals surface area contributed by atoms with Crippen molar-refractivity contribution in [2.24, 2.45) is 5.92 Å². The van der Waals surface area contributed by atoms with Gasteiger partial charge in [-0.1, -0.05) is 32.4 Å². The lowest BCUT2D eigenvalue weighted by Crippen LogP contribution is -2.31. The van der Waals surface area contributed by atoms with Crippen molar-refractivity contribution < 1.29 is 0 Å². The second kappa shape index (κ2) is 4.26. The molecule has 1 unspecified atom stereocenters. The van der Waals surface area contributed by atoms with Crippen molar-refractivity contribution in [3.05, 3.63) is 29.3 Å². The van der Waals surface area contributed by atoms with Gasteiger partial charge in [-0.15, -0.1) is 0 Å². The van der Waals surface area contributed by atoms with Gasteiger partial charge in [0.25, 0.3) is 0 Å². The number of benzene rings is 1. The second-order valence-electron chi connectivity index (χ2n) is 4.68. The molecule has 1 atom stereocenters. The van der Waals surface area contributed by atoms with Gasteiger partial charge in [0, 0.05) is 19.3 Å². The predicted molar refractivity (Wildman–Crippen MR) is 66.6 cm³/mol. The van der Waals surface area contributed by atoms with Gasteiger partial charge in [0.15, 0.2) is 0 Å². The minimum absolute atomic E-state index is 0.842. The lowest BCUT2D eigenvalue weighted by molar-refractivity contribution is 0.488. The van der Waals surface area contributed by atoms with E-state index in [1.165, 1.54) is 30.6 Å². The van der Waals surface area contributed by atoms with Crippen molar-refractivity contribution in [2.45, 2.75) is 33.1 Å². The van der Waals surface area contributed by atoms with Crippen LogP contribution in [0.25, 0.3) is 0 Å². The van der Waals surface area contributed by atoms with Crippen LogP contribution in [-0.2, 0) is 12.8 Å². The lowest BCUT2D eigenvalue weighted by atomic mass is 9.90. The molecule has 2 rings (SSSR count). The SMILES string of the molecule is CCc1ccc2c(c1)CC(CC)CN2C. The number of hydrogen-bond acceptors (Lipinski definition) is 1. The van der Waals surface area contributed by atoms with Crippen molar-refractivity contribution >= 4 is 5.69 Å². The third kappa shape index (κ3) is 2.01. The van der Waals surface area contributed by atoms with Crippen LogP contribution in [0.3, 0.4) is 0 Å². The van der Waals surface area contributed by atoms with E-state index in [9.17, 15) is 0 Å². The molecule has 0 amide bonds. The molecular weight excluding hydrogens is 182 g/mol. The van der Waals surface area contributed by atoms with E-state index in [1.54, 1.807) is 5.56 Å². The van der Waals surface area contributed by atoms with Gasteiger partial charge in [0.05, 0.1) is 0 Å². The molecule has 0 spiro atoms. The standard InChI is InChI=1S/C14H21N/c1-4-11-6-7-14-13(8-11)9-12(5-2)10-15(14)3/h6-8,12H,4-5,9-10H2,1-3H3. The zero-order valence-electron chi connectivity index (χ0n) is 10.1. The average molecular weight is 203 g/mol. The number of anilines is 1. The predicted octanol–water partition coefficient (Wildman–Crippen LogP) is 3.27. The molecule has 1 aliphatic heterocycles. The number of fused-ring (bicyclic) bond motifs is 1. The first kappa shape index (κ1) is 10.5. The third-order valence-electron chi connectivity index (χ3n) is 3.58. The van der Waals surface area contributed by atoms with Gasteiger partial charge >= 0.3 is 0 Å². The number of hydrogen-bond donors (Lipinski definition) is 0. The van der Waals surface area contributed by atoms with Gasteiger partial charge in [-0.2, -0.15) is 0 Å². The quantitative estimate of drug-likeness (QED) is 0.713. The first-order valence-corrected chi connectivity index (χ1v) is 6.07. The van der Waals surface area contributed by atoms with Crippen LogP contribution in [0, 0.1) is 5.92 Å². The molecule has 0 radical (unpaired) electrons. The van der Waals surface area contributed by atoms with Gasteiger partial charge in [-0.3, -0.25) is 0 Å². The highest BCUT2D eigenvalue weighted by Crippen LogP contribution is 2.30. The normalized spacial score (nSPS) is 20.2. The first-order chi connectivity index (χ1) is 7.24. The van der Waals surface area contributed by atoms with Crippen LogP contribution < -0.4 is 4.90 Å². The highest BCUT2D eigenvalue weighted by Gasteiger charge is 2.20. The minimum Gasteiger partial charge on any atom is -0.374 e. The summed E-state index contributed by atoms with van der Waals surface area (Å²) >= 11 is 0. The van der Waals surface area contributed by atoms with Gasteiger partial charge < -0.3 is 4.90 Å². The Bertz CT molecular complexity index is 343. The summed E-state index contributed by atoms with van der Waals surface area (Å²) in [6, 6.07) is 6.95. The first-order valence-electron chi connectivity index (χ1n) is 6.07. The van der Waals surface area contributed by atoms with Crippen molar-refractivity contribution in [1.29, 1.82) is 0 Å². The van der Waals surface area contributed by atoms with Crippen LogP contribution in [-0.4, -0.2) is 13.6 Å². The molecule has 0 N–H and O–H groups in total. The van der Waals surface area contributed by atoms with Crippen molar-refractivity contribution in [1.82, 2.24) is 0 Å². The molecule has 1 aromatic rings. The third-order valence-corrected chi connectivity index (χ3v) is 3.58. The van der Waals surface area contributed by atoms with Crippen LogP contribution in [0.5, 0.6) is 0 Å². The molecule has 82 valence electrons. The number of rotatable bonds is 2. The molecule has 0 bridgehead atoms. The highest BCUT2D eigenvalue weighted by atomic mass is 15.1. The van der Waals surface area contributed by atoms with E-state index < -0.39 is 0 Å². The van der Waals surface area contributed by atoms with E-state index in [2.05, 4.69) is 44.0 Å². The van der Waals surface area contributed by atoms with E-state index in [4.69, 9.17) is 0 Å². The zero-order valence-corrected chi connectivity index (χ0v) is 10.1. The number of aryl methyl sites for hydroxylation is 1. The van der Waals surface area contributed by atoms with E-state index in [-0.39, 0.29) is 0 Å². The summed E-state index contributed by atoms with van der Waals surface area (Å²) in [7, 11) is 2.21. The smallest absolute Gasteiger partial charge is 0.0396 e. The molecule has 0 saturated carbocycles. The fourth-order valence-corrected chi connectivity index (χ4v) is 2.53. The highest BCUT2D eigenvalue weighted by molar-refractivity contribution is 5.56. The van der Waals surface area contributed by atoms with Crippen molar-refractivity contribution in [3.63, 3.8) is 0 Å². The van der Waals surface area contributed by atoms with Crippen LogP contribution >= 0.6 is 0 Å². The van der Waals surface area contributed by atoms with E-state index >= 15 is 0 Å². The summed E-state index contributed by atoms with van der Waals surface area (Å²) < 4.78 is 0. The van der Waals surface area contributed by atoms with Crippen LogP contribution in [0.2, 0.25) is 0 Å². The molecular formula is C14H21N. The summed E-state index contributed by atoms with van der Waals surface area (Å²) in [5.41, 5.74) is 4.46. The largest absolute Gasteiger partial charge is 0.374 e. The molecule has 0 aliphatic carbocycles. The van der Waals surface area contributed by atoms with Gasteiger partial charge in [-0.05, 0) is 36.0 Å². The molecule has 0 saturated heterocycles. The molecule has 15 heavy (non-hydrogen) atoms. The maximum absolute atomic E-state index is 2.41. The Morgan fingerprint density at radius 3 is 2.80 bits per heavy atom. The molecule has 1 heteroatoms. The molecule has 1 aromatic carbocycles. The summed E-state index contributed by atoms with van der Waals surface area (Å²) in [6.45, 7) is 5.74. The Balaban J connectivity index is 2.33. The Kier molecular flexibility index (Phi) is 2.99. The van der Waals surface area contributed by atoms with Crippen LogP contribution in [0.15, 0.2) is 18.2 Å². The molecule has 1 aliphatic rings. The van der Waals surface area contributed by atoms with Crippen LogP contribution in [0.1, 0.15) is 31.4 Å². The van der Waals surface area contributed by atoms with Crippen LogP contribution in [0.4, 0.5) is 5.69 Å². The van der Waals surface area contributed by atoms with E-state index in [0.717, 1.165) is 12.3 Å². The molecule has 1 heterocycles. The van der Waals surface area contributed by atoms with Gasteiger partial charge in [-0.25, -0.2) is 0 Å². The summed E-state index contributed by atoms with van der Waals surface area (Å²) in [6.07, 6.45) is 3.71. The Hall–Kier alpha value is -0.980. The summed E-state index contributed by atoms with van der Waals surface area (Å²) in [5, 5.41) is 0. The maximum atomic E-state index is 2.41. The zero-order chi connectivity index (χ0) is 10.8. The van der Waals surface area contributed by atoms with Crippen molar-refractivity contribution in [2.75, 3.05) is 18.5 Å². The maximum Gasteiger partial charge on any atom is 0.0396 e.